The quantitative estimate of drug-likeness (QED) is 0.598. The third kappa shape index (κ3) is 3.87. The van der Waals surface area contributed by atoms with Crippen LogP contribution < -0.4 is 5.32 Å². The van der Waals surface area contributed by atoms with Gasteiger partial charge in [-0.15, -0.1) is 0 Å². The number of hydrogen-bond acceptors (Lipinski definition) is 4. The molecule has 0 saturated heterocycles. The lowest BCUT2D eigenvalue weighted by Crippen LogP contribution is -2.27. The SMILES string of the molecule is c1coc(SCCCNC2CCCC2)n1. The van der Waals surface area contributed by atoms with E-state index in [1.807, 2.05) is 0 Å². The molecule has 0 spiro atoms. The summed E-state index contributed by atoms with van der Waals surface area (Å²) in [6.45, 7) is 1.12. The first kappa shape index (κ1) is 11.0. The van der Waals surface area contributed by atoms with Crippen LogP contribution in [0.15, 0.2) is 22.1 Å². The molecule has 0 aliphatic heterocycles. The fourth-order valence-corrected chi connectivity index (χ4v) is 2.67. The second-order valence-corrected chi connectivity index (χ2v) is 4.98. The predicted octanol–water partition coefficient (Wildman–Crippen LogP) is 2.69. The van der Waals surface area contributed by atoms with Gasteiger partial charge >= 0.3 is 0 Å². The average Bonchev–Trinajstić information content (AvgIpc) is 2.88. The summed E-state index contributed by atoms with van der Waals surface area (Å²) < 4.78 is 5.14. The van der Waals surface area contributed by atoms with E-state index in [4.69, 9.17) is 4.42 Å². The maximum Gasteiger partial charge on any atom is 0.255 e. The number of rotatable bonds is 6. The first-order valence-electron chi connectivity index (χ1n) is 5.71. The van der Waals surface area contributed by atoms with Crippen LogP contribution in [0.5, 0.6) is 0 Å². The fraction of sp³-hybridized carbons (Fsp3) is 0.727. The number of hydrogen-bond donors (Lipinski definition) is 1. The van der Waals surface area contributed by atoms with Crippen LogP contribution in [0.2, 0.25) is 0 Å². The molecule has 1 heterocycles. The Morgan fingerprint density at radius 1 is 1.47 bits per heavy atom. The van der Waals surface area contributed by atoms with E-state index in [0.29, 0.717) is 0 Å². The first-order valence-corrected chi connectivity index (χ1v) is 6.69. The van der Waals surface area contributed by atoms with Crippen molar-refractivity contribution in [2.24, 2.45) is 0 Å². The van der Waals surface area contributed by atoms with E-state index in [1.54, 1.807) is 24.2 Å². The number of thioether (sulfide) groups is 1. The van der Waals surface area contributed by atoms with Crippen molar-refractivity contribution in [1.82, 2.24) is 10.3 Å². The predicted molar refractivity (Wildman–Crippen MR) is 62.1 cm³/mol. The standard InChI is InChI=1S/C11H18N2OS/c1-2-5-10(4-1)12-6-3-9-15-11-13-7-8-14-11/h7-8,10,12H,1-6,9H2. The second-order valence-electron chi connectivity index (χ2n) is 3.94. The van der Waals surface area contributed by atoms with Gasteiger partial charge in [-0.05, 0) is 25.8 Å². The molecule has 0 unspecified atom stereocenters. The summed E-state index contributed by atoms with van der Waals surface area (Å²) in [7, 11) is 0. The van der Waals surface area contributed by atoms with E-state index in [2.05, 4.69) is 10.3 Å². The van der Waals surface area contributed by atoms with Crippen LogP contribution in [0.3, 0.4) is 0 Å². The molecule has 15 heavy (non-hydrogen) atoms. The van der Waals surface area contributed by atoms with Crippen LogP contribution in [0, 0.1) is 0 Å². The molecule has 1 aromatic heterocycles. The normalized spacial score (nSPS) is 17.3. The summed E-state index contributed by atoms with van der Waals surface area (Å²) in [4.78, 5) is 4.07. The highest BCUT2D eigenvalue weighted by Crippen LogP contribution is 2.18. The summed E-state index contributed by atoms with van der Waals surface area (Å²) in [5, 5.41) is 4.39. The van der Waals surface area contributed by atoms with Crippen molar-refractivity contribution >= 4 is 11.8 Å². The maximum absolute atomic E-state index is 5.14. The lowest BCUT2D eigenvalue weighted by molar-refractivity contribution is 0.453. The minimum absolute atomic E-state index is 0.788. The van der Waals surface area contributed by atoms with Crippen molar-refractivity contribution in [3.8, 4) is 0 Å². The van der Waals surface area contributed by atoms with Crippen LogP contribution in [0.25, 0.3) is 0 Å². The van der Waals surface area contributed by atoms with Gasteiger partial charge in [0.25, 0.3) is 5.22 Å². The summed E-state index contributed by atoms with van der Waals surface area (Å²) >= 11 is 1.69. The Morgan fingerprint density at radius 2 is 2.33 bits per heavy atom. The number of nitrogens with zero attached hydrogens (tertiary/aromatic N) is 1. The van der Waals surface area contributed by atoms with Crippen LogP contribution >= 0.6 is 11.8 Å². The molecule has 1 aliphatic carbocycles. The molecule has 4 heteroatoms. The molecule has 0 aromatic carbocycles. The minimum Gasteiger partial charge on any atom is -0.440 e. The zero-order valence-electron chi connectivity index (χ0n) is 8.95. The Morgan fingerprint density at radius 3 is 3.07 bits per heavy atom. The highest BCUT2D eigenvalue weighted by molar-refractivity contribution is 7.99. The van der Waals surface area contributed by atoms with Crippen LogP contribution in [-0.4, -0.2) is 23.3 Å². The van der Waals surface area contributed by atoms with Gasteiger partial charge in [0.1, 0.15) is 6.26 Å². The number of aromatic nitrogens is 1. The smallest absolute Gasteiger partial charge is 0.255 e. The molecule has 1 aromatic rings. The zero-order valence-corrected chi connectivity index (χ0v) is 9.76. The van der Waals surface area contributed by atoms with Gasteiger partial charge in [-0.3, -0.25) is 0 Å². The Bertz CT molecular complexity index is 258. The monoisotopic (exact) mass is 226 g/mol. The van der Waals surface area contributed by atoms with Gasteiger partial charge in [0.2, 0.25) is 0 Å². The van der Waals surface area contributed by atoms with E-state index in [-0.39, 0.29) is 0 Å². The average molecular weight is 226 g/mol. The zero-order chi connectivity index (χ0) is 10.3. The van der Waals surface area contributed by atoms with E-state index >= 15 is 0 Å². The van der Waals surface area contributed by atoms with E-state index in [1.165, 1.54) is 32.1 Å². The summed E-state index contributed by atoms with van der Waals surface area (Å²) in [6.07, 6.45) is 10.0. The van der Waals surface area contributed by atoms with Gasteiger partial charge in [0.05, 0.1) is 6.20 Å². The summed E-state index contributed by atoms with van der Waals surface area (Å²) in [6, 6.07) is 0.789. The van der Waals surface area contributed by atoms with Gasteiger partial charge < -0.3 is 9.73 Å². The Kier molecular flexibility index (Phi) is 4.54. The molecular weight excluding hydrogens is 208 g/mol. The van der Waals surface area contributed by atoms with Crippen molar-refractivity contribution < 1.29 is 4.42 Å². The topological polar surface area (TPSA) is 38.1 Å². The van der Waals surface area contributed by atoms with Gasteiger partial charge in [0.15, 0.2) is 0 Å². The van der Waals surface area contributed by atoms with E-state index in [0.717, 1.165) is 23.6 Å². The van der Waals surface area contributed by atoms with Crippen LogP contribution in [0.1, 0.15) is 32.1 Å². The van der Waals surface area contributed by atoms with Gasteiger partial charge in [-0.25, -0.2) is 4.98 Å². The molecule has 84 valence electrons. The van der Waals surface area contributed by atoms with Crippen LogP contribution in [0.4, 0.5) is 0 Å². The summed E-state index contributed by atoms with van der Waals surface area (Å²) in [5.41, 5.74) is 0. The lowest BCUT2D eigenvalue weighted by atomic mass is 10.2. The molecule has 0 amide bonds. The van der Waals surface area contributed by atoms with Gasteiger partial charge in [-0.1, -0.05) is 24.6 Å². The highest BCUT2D eigenvalue weighted by atomic mass is 32.2. The Hall–Kier alpha value is -0.480. The molecule has 1 fully saturated rings. The molecule has 0 radical (unpaired) electrons. The first-order chi connectivity index (χ1) is 7.45. The highest BCUT2D eigenvalue weighted by Gasteiger charge is 2.13. The van der Waals surface area contributed by atoms with E-state index < -0.39 is 0 Å². The lowest BCUT2D eigenvalue weighted by Gasteiger charge is -2.10. The molecule has 2 rings (SSSR count). The molecule has 3 nitrogen and oxygen atoms in total. The van der Waals surface area contributed by atoms with Gasteiger partial charge in [-0.2, -0.15) is 0 Å². The van der Waals surface area contributed by atoms with E-state index in [9.17, 15) is 0 Å². The molecule has 0 bridgehead atoms. The second kappa shape index (κ2) is 6.18. The molecular formula is C11H18N2OS. The van der Waals surface area contributed by atoms with Crippen molar-refractivity contribution in [3.05, 3.63) is 12.5 Å². The third-order valence-electron chi connectivity index (χ3n) is 2.74. The molecule has 1 N–H and O–H groups in total. The third-order valence-corrected chi connectivity index (χ3v) is 3.69. The molecule has 1 saturated carbocycles. The van der Waals surface area contributed by atoms with Crippen molar-refractivity contribution in [1.29, 1.82) is 0 Å². The molecule has 1 aliphatic rings. The number of nitrogens with one attached hydrogen (secondary N) is 1. The van der Waals surface area contributed by atoms with Crippen LogP contribution in [-0.2, 0) is 0 Å². The Balaban J connectivity index is 1.48. The molecule has 0 atom stereocenters. The summed E-state index contributed by atoms with van der Waals surface area (Å²) in [5.74, 6) is 1.08. The van der Waals surface area contributed by atoms with Crippen molar-refractivity contribution in [2.45, 2.75) is 43.4 Å². The maximum atomic E-state index is 5.14. The van der Waals surface area contributed by atoms with Crippen molar-refractivity contribution in [2.75, 3.05) is 12.3 Å². The van der Waals surface area contributed by atoms with Crippen molar-refractivity contribution in [3.63, 3.8) is 0 Å². The Labute approximate surface area is 95.0 Å². The number of oxazole rings is 1. The minimum atomic E-state index is 0.788. The van der Waals surface area contributed by atoms with Gasteiger partial charge in [0, 0.05) is 11.8 Å². The fourth-order valence-electron chi connectivity index (χ4n) is 1.95. The largest absolute Gasteiger partial charge is 0.440 e.